The lowest BCUT2D eigenvalue weighted by Crippen LogP contribution is -2.38. The van der Waals surface area contributed by atoms with Gasteiger partial charge in [0.15, 0.2) is 0 Å². The van der Waals surface area contributed by atoms with Gasteiger partial charge >= 0.3 is 5.97 Å². The maximum atomic E-state index is 13.0. The molecular formula is C19H20N2O4S2. The first-order chi connectivity index (χ1) is 13.0. The van der Waals surface area contributed by atoms with Gasteiger partial charge in [0.05, 0.1) is 7.11 Å². The van der Waals surface area contributed by atoms with Gasteiger partial charge in [0.1, 0.15) is 9.77 Å². The number of hydrogen-bond acceptors (Lipinski definition) is 5. The van der Waals surface area contributed by atoms with Gasteiger partial charge < -0.3 is 9.72 Å². The Labute approximate surface area is 161 Å². The topological polar surface area (TPSA) is 79.5 Å². The van der Waals surface area contributed by atoms with Crippen molar-refractivity contribution in [2.45, 2.75) is 23.7 Å². The van der Waals surface area contributed by atoms with Crippen LogP contribution < -0.4 is 0 Å². The quantitative estimate of drug-likeness (QED) is 0.674. The van der Waals surface area contributed by atoms with Crippen molar-refractivity contribution in [3.8, 4) is 0 Å². The van der Waals surface area contributed by atoms with Crippen molar-refractivity contribution in [3.63, 3.8) is 0 Å². The number of esters is 1. The molecule has 1 N–H and O–H groups in total. The van der Waals surface area contributed by atoms with Crippen LogP contribution in [0.4, 0.5) is 0 Å². The van der Waals surface area contributed by atoms with Crippen molar-refractivity contribution in [1.82, 2.24) is 9.29 Å². The summed E-state index contributed by atoms with van der Waals surface area (Å²) in [6.45, 7) is 0.867. The van der Waals surface area contributed by atoms with Gasteiger partial charge in [-0.3, -0.25) is 0 Å². The lowest BCUT2D eigenvalue weighted by Gasteiger charge is -2.31. The first kappa shape index (κ1) is 18.2. The van der Waals surface area contributed by atoms with Crippen molar-refractivity contribution in [3.05, 3.63) is 52.3 Å². The minimum Gasteiger partial charge on any atom is -0.465 e. The number of carbonyl (C=O) groups is 1. The third kappa shape index (κ3) is 3.18. The van der Waals surface area contributed by atoms with Crippen molar-refractivity contribution in [2.24, 2.45) is 0 Å². The molecule has 0 radical (unpaired) electrons. The van der Waals surface area contributed by atoms with E-state index < -0.39 is 16.0 Å². The molecule has 3 heterocycles. The predicted molar refractivity (Wildman–Crippen MR) is 105 cm³/mol. The zero-order valence-electron chi connectivity index (χ0n) is 14.8. The lowest BCUT2D eigenvalue weighted by molar-refractivity contribution is 0.0602. The van der Waals surface area contributed by atoms with Gasteiger partial charge in [-0.1, -0.05) is 18.2 Å². The van der Waals surface area contributed by atoms with Crippen LogP contribution in [0.1, 0.15) is 34.0 Å². The number of para-hydroxylation sites is 1. The molecule has 6 nitrogen and oxygen atoms in total. The first-order valence-corrected chi connectivity index (χ1v) is 11.1. The van der Waals surface area contributed by atoms with Gasteiger partial charge in [0.25, 0.3) is 0 Å². The van der Waals surface area contributed by atoms with Gasteiger partial charge in [-0.25, -0.2) is 13.2 Å². The van der Waals surface area contributed by atoms with Gasteiger partial charge in [-0.15, -0.1) is 11.3 Å². The third-order valence-corrected chi connectivity index (χ3v) is 8.10. The first-order valence-electron chi connectivity index (χ1n) is 8.74. The summed E-state index contributed by atoms with van der Waals surface area (Å²) in [5.74, 6) is -0.299. The Bertz CT molecular complexity index is 1080. The third-order valence-electron chi connectivity index (χ3n) is 5.13. The Hall–Kier alpha value is -2.16. The van der Waals surface area contributed by atoms with Crippen molar-refractivity contribution in [1.29, 1.82) is 0 Å². The largest absolute Gasteiger partial charge is 0.465 e. The van der Waals surface area contributed by atoms with Crippen LogP contribution >= 0.6 is 11.3 Å². The zero-order valence-corrected chi connectivity index (χ0v) is 16.5. The van der Waals surface area contributed by atoms with Gasteiger partial charge in [-0.05, 0) is 41.8 Å². The molecule has 2 aromatic heterocycles. The number of aromatic nitrogens is 1. The average Bonchev–Trinajstić information content (AvgIpc) is 3.35. The molecule has 0 atom stereocenters. The number of thiophene rings is 1. The fraction of sp³-hybridized carbons (Fsp3) is 0.316. The van der Waals surface area contributed by atoms with E-state index >= 15 is 0 Å². The van der Waals surface area contributed by atoms with E-state index in [1.54, 1.807) is 5.38 Å². The molecule has 0 saturated carbocycles. The monoisotopic (exact) mass is 404 g/mol. The Morgan fingerprint density at radius 3 is 2.70 bits per heavy atom. The number of methoxy groups -OCH3 is 1. The number of nitrogens with zero attached hydrogens (tertiary/aromatic N) is 1. The van der Waals surface area contributed by atoms with E-state index in [9.17, 15) is 13.2 Å². The summed E-state index contributed by atoms with van der Waals surface area (Å²) in [5, 5.41) is 2.81. The Morgan fingerprint density at radius 2 is 1.96 bits per heavy atom. The second-order valence-corrected chi connectivity index (χ2v) is 9.40. The molecule has 8 heteroatoms. The van der Waals surface area contributed by atoms with Crippen LogP contribution in [0.25, 0.3) is 10.9 Å². The highest BCUT2D eigenvalue weighted by Crippen LogP contribution is 2.35. The van der Waals surface area contributed by atoms with Crippen LogP contribution in [0, 0.1) is 0 Å². The maximum absolute atomic E-state index is 13.0. The number of sulfonamides is 1. The van der Waals surface area contributed by atoms with E-state index in [2.05, 4.69) is 11.1 Å². The number of carbonyl (C=O) groups excluding carboxylic acids is 1. The number of H-pyrrole nitrogens is 1. The molecule has 1 fully saturated rings. The fourth-order valence-electron chi connectivity index (χ4n) is 3.72. The molecule has 0 unspecified atom stereocenters. The lowest BCUT2D eigenvalue weighted by atomic mass is 9.90. The van der Waals surface area contributed by atoms with Crippen LogP contribution in [0.2, 0.25) is 0 Å². The molecule has 0 bridgehead atoms. The number of fused-ring (bicyclic) bond motifs is 1. The molecule has 3 aromatic rings. The van der Waals surface area contributed by atoms with Crippen molar-refractivity contribution < 1.29 is 17.9 Å². The Morgan fingerprint density at radius 1 is 1.22 bits per heavy atom. The van der Waals surface area contributed by atoms with E-state index in [1.165, 1.54) is 28.4 Å². The van der Waals surface area contributed by atoms with E-state index in [0.29, 0.717) is 19.0 Å². The molecule has 1 aliphatic rings. The number of hydrogen-bond donors (Lipinski definition) is 1. The molecule has 4 rings (SSSR count). The summed E-state index contributed by atoms with van der Waals surface area (Å²) in [6, 6.07) is 9.64. The zero-order chi connectivity index (χ0) is 19.0. The number of nitrogens with one attached hydrogen (secondary N) is 1. The average molecular weight is 405 g/mol. The highest BCUT2D eigenvalue weighted by Gasteiger charge is 2.34. The standard InChI is InChI=1S/C19H20N2O4S2/c1-25-19(22)18-17(8-11-26-18)27(23,24)21-9-6-13(7-10-21)15-12-20-16-5-3-2-4-14(15)16/h2-5,8,11-13,20H,6-7,9-10H2,1H3. The van der Waals surface area contributed by atoms with Crippen LogP contribution in [-0.4, -0.2) is 43.9 Å². The van der Waals surface area contributed by atoms with E-state index in [0.717, 1.165) is 29.7 Å². The maximum Gasteiger partial charge on any atom is 0.349 e. The van der Waals surface area contributed by atoms with Crippen molar-refractivity contribution in [2.75, 3.05) is 20.2 Å². The Balaban J connectivity index is 1.54. The number of piperidine rings is 1. The molecule has 0 spiro atoms. The predicted octanol–water partition coefficient (Wildman–Crippen LogP) is 3.58. The molecular weight excluding hydrogens is 384 g/mol. The van der Waals surface area contributed by atoms with E-state index in [-0.39, 0.29) is 9.77 Å². The minimum absolute atomic E-state index is 0.0462. The van der Waals surface area contributed by atoms with Crippen LogP contribution in [0.5, 0.6) is 0 Å². The fourth-order valence-corrected chi connectivity index (χ4v) is 6.50. The molecule has 1 aliphatic heterocycles. The SMILES string of the molecule is COC(=O)c1sccc1S(=O)(=O)N1CCC(c2c[nH]c3ccccc23)CC1. The highest BCUT2D eigenvalue weighted by molar-refractivity contribution is 7.89. The smallest absolute Gasteiger partial charge is 0.349 e. The number of ether oxygens (including phenoxy) is 1. The second kappa shape index (κ2) is 7.10. The summed E-state index contributed by atoms with van der Waals surface area (Å²) >= 11 is 1.09. The summed E-state index contributed by atoms with van der Waals surface area (Å²) in [4.78, 5) is 15.3. The number of aromatic amines is 1. The van der Waals surface area contributed by atoms with Crippen LogP contribution in [-0.2, 0) is 14.8 Å². The van der Waals surface area contributed by atoms with Gasteiger partial charge in [-0.2, -0.15) is 4.31 Å². The highest BCUT2D eigenvalue weighted by atomic mass is 32.2. The van der Waals surface area contributed by atoms with Gasteiger partial charge in [0, 0.05) is 30.2 Å². The summed E-state index contributed by atoms with van der Waals surface area (Å²) < 4.78 is 32.2. The molecule has 27 heavy (non-hydrogen) atoms. The number of rotatable bonds is 4. The normalized spacial score (nSPS) is 16.6. The minimum atomic E-state index is -3.70. The molecule has 1 aromatic carbocycles. The van der Waals surface area contributed by atoms with Crippen LogP contribution in [0.3, 0.4) is 0 Å². The molecule has 0 amide bonds. The van der Waals surface area contributed by atoms with Crippen molar-refractivity contribution >= 4 is 38.2 Å². The van der Waals surface area contributed by atoms with Gasteiger partial charge in [0.2, 0.25) is 10.0 Å². The summed E-state index contributed by atoms with van der Waals surface area (Å²) in [7, 11) is -2.45. The second-order valence-electron chi connectivity index (χ2n) is 6.57. The van der Waals surface area contributed by atoms with E-state index in [1.807, 2.05) is 24.4 Å². The molecule has 1 saturated heterocycles. The molecule has 142 valence electrons. The van der Waals surface area contributed by atoms with Crippen LogP contribution in [0.15, 0.2) is 46.8 Å². The summed E-state index contributed by atoms with van der Waals surface area (Å²) in [6.07, 6.45) is 3.53. The molecule has 0 aliphatic carbocycles. The number of benzene rings is 1. The Kier molecular flexibility index (Phi) is 4.79. The van der Waals surface area contributed by atoms with E-state index in [4.69, 9.17) is 4.74 Å². The summed E-state index contributed by atoms with van der Waals surface area (Å²) in [5.41, 5.74) is 2.34.